The number of oxazole rings is 1. The molecule has 27 heavy (non-hydrogen) atoms. The zero-order chi connectivity index (χ0) is 19.8. The van der Waals surface area contributed by atoms with E-state index >= 15 is 0 Å². The number of hydrogen-bond acceptors (Lipinski definition) is 4. The molecule has 1 amide bonds. The molecule has 0 bridgehead atoms. The molecule has 1 aromatic heterocycles. The second-order valence-corrected chi connectivity index (χ2v) is 10.3. The minimum Gasteiger partial charge on any atom is -0.445 e. The number of amides is 1. The van der Waals surface area contributed by atoms with Crippen LogP contribution in [-0.4, -0.2) is 33.4 Å². The number of carbonyl (C=O) groups is 1. The summed E-state index contributed by atoms with van der Waals surface area (Å²) in [4.78, 5) is 19.6. The van der Waals surface area contributed by atoms with Gasteiger partial charge in [-0.05, 0) is 58.8 Å². The van der Waals surface area contributed by atoms with Crippen LogP contribution in [0.25, 0.3) is 0 Å². The molecule has 0 unspecified atom stereocenters. The quantitative estimate of drug-likeness (QED) is 0.842. The van der Waals surface area contributed by atoms with Crippen LogP contribution in [0.1, 0.15) is 84.6 Å². The SMILES string of the molecule is CC(C)CCc1nc2c(o1)CCN(C(=O)CC1CC(C)(C)NC(C)(C)C1)C2. The van der Waals surface area contributed by atoms with E-state index in [9.17, 15) is 4.79 Å². The summed E-state index contributed by atoms with van der Waals surface area (Å²) in [6.45, 7) is 14.8. The van der Waals surface area contributed by atoms with Crippen molar-refractivity contribution in [2.24, 2.45) is 11.8 Å². The van der Waals surface area contributed by atoms with E-state index in [1.54, 1.807) is 0 Å². The van der Waals surface area contributed by atoms with Crippen LogP contribution in [-0.2, 0) is 24.2 Å². The molecule has 0 spiro atoms. The third-order valence-electron chi connectivity index (χ3n) is 5.80. The van der Waals surface area contributed by atoms with Crippen LogP contribution in [0.2, 0.25) is 0 Å². The van der Waals surface area contributed by atoms with Crippen LogP contribution in [0.5, 0.6) is 0 Å². The molecule has 0 radical (unpaired) electrons. The van der Waals surface area contributed by atoms with Gasteiger partial charge in [0.25, 0.3) is 0 Å². The van der Waals surface area contributed by atoms with Crippen molar-refractivity contribution in [2.45, 2.75) is 97.7 Å². The Morgan fingerprint density at radius 3 is 2.56 bits per heavy atom. The van der Waals surface area contributed by atoms with Crippen LogP contribution in [0.3, 0.4) is 0 Å². The minimum atomic E-state index is 0.0825. The molecule has 1 aromatic rings. The van der Waals surface area contributed by atoms with Crippen molar-refractivity contribution in [3.05, 3.63) is 17.3 Å². The van der Waals surface area contributed by atoms with Gasteiger partial charge in [0.05, 0.1) is 6.54 Å². The Kier molecular flexibility index (Phi) is 5.72. The highest BCUT2D eigenvalue weighted by atomic mass is 16.4. The predicted octanol–water partition coefficient (Wildman–Crippen LogP) is 4.09. The normalized spacial score (nSPS) is 22.1. The molecule has 1 N–H and O–H groups in total. The van der Waals surface area contributed by atoms with Crippen LogP contribution in [0, 0.1) is 11.8 Å². The van der Waals surface area contributed by atoms with Gasteiger partial charge in [0.1, 0.15) is 11.5 Å². The van der Waals surface area contributed by atoms with Gasteiger partial charge in [0.2, 0.25) is 5.91 Å². The molecular formula is C22H37N3O2. The lowest BCUT2D eigenvalue weighted by Crippen LogP contribution is -2.58. The lowest BCUT2D eigenvalue weighted by molar-refractivity contribution is -0.133. The van der Waals surface area contributed by atoms with Crippen molar-refractivity contribution in [3.8, 4) is 0 Å². The fourth-order valence-electron chi connectivity index (χ4n) is 5.04. The maximum Gasteiger partial charge on any atom is 0.223 e. The number of rotatable bonds is 5. The van der Waals surface area contributed by atoms with E-state index in [1.807, 2.05) is 4.90 Å². The van der Waals surface area contributed by atoms with Crippen LogP contribution in [0.4, 0.5) is 0 Å². The number of aromatic nitrogens is 1. The third-order valence-corrected chi connectivity index (χ3v) is 5.80. The van der Waals surface area contributed by atoms with E-state index in [1.165, 1.54) is 0 Å². The topological polar surface area (TPSA) is 58.4 Å². The van der Waals surface area contributed by atoms with E-state index in [2.05, 4.69) is 51.8 Å². The minimum absolute atomic E-state index is 0.0825. The second-order valence-electron chi connectivity index (χ2n) is 10.3. The lowest BCUT2D eigenvalue weighted by Gasteiger charge is -2.46. The highest BCUT2D eigenvalue weighted by Crippen LogP contribution is 2.35. The Morgan fingerprint density at radius 1 is 1.26 bits per heavy atom. The smallest absolute Gasteiger partial charge is 0.223 e. The average molecular weight is 376 g/mol. The maximum absolute atomic E-state index is 13.0. The summed E-state index contributed by atoms with van der Waals surface area (Å²) in [5.41, 5.74) is 1.14. The number of piperidine rings is 1. The van der Waals surface area contributed by atoms with Crippen molar-refractivity contribution >= 4 is 5.91 Å². The maximum atomic E-state index is 13.0. The van der Waals surface area contributed by atoms with E-state index in [-0.39, 0.29) is 17.0 Å². The zero-order valence-electron chi connectivity index (χ0n) is 18.0. The fourth-order valence-corrected chi connectivity index (χ4v) is 5.04. The largest absolute Gasteiger partial charge is 0.445 e. The van der Waals surface area contributed by atoms with Gasteiger partial charge in [-0.2, -0.15) is 0 Å². The first-order valence-corrected chi connectivity index (χ1v) is 10.6. The number of hydrogen-bond donors (Lipinski definition) is 1. The summed E-state index contributed by atoms with van der Waals surface area (Å²) in [5.74, 6) is 3.17. The molecule has 0 saturated carbocycles. The molecule has 2 aliphatic rings. The number of carbonyl (C=O) groups excluding carboxylic acids is 1. The van der Waals surface area contributed by atoms with Crippen molar-refractivity contribution < 1.29 is 9.21 Å². The Labute approximate surface area is 164 Å². The molecule has 2 aliphatic heterocycles. The van der Waals surface area contributed by atoms with Gasteiger partial charge in [-0.15, -0.1) is 0 Å². The lowest BCUT2D eigenvalue weighted by atomic mass is 9.74. The van der Waals surface area contributed by atoms with E-state index in [0.29, 0.717) is 24.8 Å². The molecule has 3 rings (SSSR count). The van der Waals surface area contributed by atoms with Gasteiger partial charge in [0.15, 0.2) is 5.89 Å². The summed E-state index contributed by atoms with van der Waals surface area (Å²) < 4.78 is 5.93. The Hall–Kier alpha value is -1.36. The Balaban J connectivity index is 1.59. The van der Waals surface area contributed by atoms with Gasteiger partial charge in [-0.3, -0.25) is 4.79 Å². The Morgan fingerprint density at radius 2 is 1.93 bits per heavy atom. The van der Waals surface area contributed by atoms with Crippen LogP contribution >= 0.6 is 0 Å². The number of nitrogens with one attached hydrogen (secondary N) is 1. The average Bonchev–Trinajstić information content (AvgIpc) is 2.91. The first-order valence-electron chi connectivity index (χ1n) is 10.6. The second kappa shape index (κ2) is 7.57. The van der Waals surface area contributed by atoms with Gasteiger partial charge in [-0.1, -0.05) is 13.8 Å². The molecular weight excluding hydrogens is 338 g/mol. The number of aryl methyl sites for hydroxylation is 1. The summed E-state index contributed by atoms with van der Waals surface area (Å²) in [5, 5.41) is 3.70. The molecule has 5 nitrogen and oxygen atoms in total. The molecule has 0 aliphatic carbocycles. The standard InChI is InChI=1S/C22H37N3O2/c1-15(2)7-8-19-23-17-14-25(10-9-18(17)27-19)20(26)11-16-12-21(3,4)24-22(5,6)13-16/h15-16,24H,7-14H2,1-6H3. The van der Waals surface area contributed by atoms with Crippen molar-refractivity contribution in [1.29, 1.82) is 0 Å². The molecule has 3 heterocycles. The summed E-state index contributed by atoms with van der Waals surface area (Å²) >= 11 is 0. The monoisotopic (exact) mass is 375 g/mol. The Bertz CT molecular complexity index is 659. The first kappa shape index (κ1) is 20.4. The van der Waals surface area contributed by atoms with Gasteiger partial charge < -0.3 is 14.6 Å². The fraction of sp³-hybridized carbons (Fsp3) is 0.818. The van der Waals surface area contributed by atoms with Crippen LogP contribution < -0.4 is 5.32 Å². The van der Waals surface area contributed by atoms with E-state index in [4.69, 9.17) is 4.42 Å². The molecule has 0 aromatic carbocycles. The zero-order valence-corrected chi connectivity index (χ0v) is 18.0. The molecule has 5 heteroatoms. The molecule has 0 atom stereocenters. The van der Waals surface area contributed by atoms with Crippen LogP contribution in [0.15, 0.2) is 4.42 Å². The first-order chi connectivity index (χ1) is 12.5. The van der Waals surface area contributed by atoms with E-state index in [0.717, 1.165) is 56.0 Å². The highest BCUT2D eigenvalue weighted by Gasteiger charge is 2.39. The van der Waals surface area contributed by atoms with Crippen molar-refractivity contribution in [2.75, 3.05) is 6.54 Å². The summed E-state index contributed by atoms with van der Waals surface area (Å²) in [7, 11) is 0. The molecule has 152 valence electrons. The third kappa shape index (κ3) is 5.34. The van der Waals surface area contributed by atoms with Gasteiger partial charge >= 0.3 is 0 Å². The molecule has 1 fully saturated rings. The highest BCUT2D eigenvalue weighted by molar-refractivity contribution is 5.76. The van der Waals surface area contributed by atoms with Crippen molar-refractivity contribution in [3.63, 3.8) is 0 Å². The number of nitrogens with zero attached hydrogens (tertiary/aromatic N) is 2. The van der Waals surface area contributed by atoms with Crippen molar-refractivity contribution in [1.82, 2.24) is 15.2 Å². The van der Waals surface area contributed by atoms with E-state index < -0.39 is 0 Å². The summed E-state index contributed by atoms with van der Waals surface area (Å²) in [6, 6.07) is 0. The van der Waals surface area contributed by atoms with Gasteiger partial charge in [-0.25, -0.2) is 4.98 Å². The van der Waals surface area contributed by atoms with Gasteiger partial charge in [0, 0.05) is 36.9 Å². The predicted molar refractivity (Wildman–Crippen MR) is 107 cm³/mol. The number of fused-ring (bicyclic) bond motifs is 1. The summed E-state index contributed by atoms with van der Waals surface area (Å²) in [6.07, 6.45) is 5.50. The molecule has 1 saturated heterocycles.